The van der Waals surface area contributed by atoms with Crippen LogP contribution >= 0.6 is 0 Å². The van der Waals surface area contributed by atoms with Crippen molar-refractivity contribution in [1.29, 1.82) is 0 Å². The van der Waals surface area contributed by atoms with Crippen LogP contribution in [0, 0.1) is 0 Å². The molecule has 0 bridgehead atoms. The smallest absolute Gasteiger partial charge is 0.307 e. The highest BCUT2D eigenvalue weighted by molar-refractivity contribution is 5.97. The normalized spacial score (nSPS) is 10.6. The molecule has 0 fully saturated rings. The first-order chi connectivity index (χ1) is 11.7. The van der Waals surface area contributed by atoms with Crippen LogP contribution in [0.1, 0.15) is 29.3 Å². The van der Waals surface area contributed by atoms with Crippen LogP contribution < -0.4 is 0 Å². The molecule has 126 valence electrons. The molecule has 4 heteroatoms. The summed E-state index contributed by atoms with van der Waals surface area (Å²) in [5.74, 6) is -0.182. The lowest BCUT2D eigenvalue weighted by atomic mass is 10.1. The van der Waals surface area contributed by atoms with Gasteiger partial charge in [0.05, 0.1) is 19.6 Å². The molecule has 0 saturated carbocycles. The highest BCUT2D eigenvalue weighted by atomic mass is 16.5. The molecule has 0 aliphatic carbocycles. The Morgan fingerprint density at radius 1 is 0.958 bits per heavy atom. The molecule has 0 aromatic heterocycles. The Morgan fingerprint density at radius 3 is 2.21 bits per heavy atom. The fourth-order valence-corrected chi connectivity index (χ4v) is 2.46. The lowest BCUT2D eigenvalue weighted by Crippen LogP contribution is -2.32. The van der Waals surface area contributed by atoms with Gasteiger partial charge in [0.15, 0.2) is 5.78 Å². The number of carbonyl (C=O) groups is 2. The Balaban J connectivity index is 2.01. The van der Waals surface area contributed by atoms with Gasteiger partial charge in [-0.15, -0.1) is 0 Å². The first-order valence-corrected chi connectivity index (χ1v) is 8.19. The Kier molecular flexibility index (Phi) is 7.18. The molecule has 0 aliphatic heterocycles. The van der Waals surface area contributed by atoms with E-state index < -0.39 is 0 Å². The highest BCUT2D eigenvalue weighted by Crippen LogP contribution is 2.08. The zero-order valence-corrected chi connectivity index (χ0v) is 14.0. The van der Waals surface area contributed by atoms with Crippen molar-refractivity contribution < 1.29 is 14.3 Å². The number of ether oxygens (including phenoxy) is 1. The maximum atomic E-state index is 12.5. The SMILES string of the molecule is CCOC(=O)CCN(CC(=O)c1ccccc1)Cc1ccccc1. The van der Waals surface area contributed by atoms with Crippen LogP contribution in [0.2, 0.25) is 0 Å². The number of hydrogen-bond donors (Lipinski definition) is 0. The number of esters is 1. The molecular weight excluding hydrogens is 302 g/mol. The fraction of sp³-hybridized carbons (Fsp3) is 0.300. The lowest BCUT2D eigenvalue weighted by molar-refractivity contribution is -0.143. The summed E-state index contributed by atoms with van der Waals surface area (Å²) in [5, 5.41) is 0. The minimum absolute atomic E-state index is 0.0513. The zero-order chi connectivity index (χ0) is 17.2. The summed E-state index contributed by atoms with van der Waals surface area (Å²) >= 11 is 0. The van der Waals surface area contributed by atoms with E-state index in [9.17, 15) is 9.59 Å². The van der Waals surface area contributed by atoms with E-state index in [0.29, 0.717) is 25.3 Å². The summed E-state index contributed by atoms with van der Waals surface area (Å²) in [6.45, 7) is 3.56. The van der Waals surface area contributed by atoms with Gasteiger partial charge in [0.2, 0.25) is 0 Å². The van der Waals surface area contributed by atoms with Gasteiger partial charge in [-0.2, -0.15) is 0 Å². The number of benzene rings is 2. The average Bonchev–Trinajstić information content (AvgIpc) is 2.61. The van der Waals surface area contributed by atoms with Crippen LogP contribution in [0.3, 0.4) is 0 Å². The second-order valence-corrected chi connectivity index (χ2v) is 5.54. The average molecular weight is 325 g/mol. The molecule has 0 radical (unpaired) electrons. The molecule has 0 N–H and O–H groups in total. The van der Waals surface area contributed by atoms with Gasteiger partial charge in [0.1, 0.15) is 0 Å². The van der Waals surface area contributed by atoms with Crippen molar-refractivity contribution in [2.45, 2.75) is 19.9 Å². The van der Waals surface area contributed by atoms with Gasteiger partial charge in [-0.25, -0.2) is 0 Å². The number of Topliss-reactive ketones (excluding diaryl/α,β-unsaturated/α-hetero) is 1. The molecule has 0 spiro atoms. The number of hydrogen-bond acceptors (Lipinski definition) is 4. The van der Waals surface area contributed by atoms with Crippen molar-refractivity contribution in [2.24, 2.45) is 0 Å². The molecule has 0 saturated heterocycles. The van der Waals surface area contributed by atoms with Gasteiger partial charge >= 0.3 is 5.97 Å². The van der Waals surface area contributed by atoms with Crippen LogP contribution in [0.5, 0.6) is 0 Å². The maximum absolute atomic E-state index is 12.5. The minimum atomic E-state index is -0.234. The van der Waals surface area contributed by atoms with Crippen LogP contribution in [0.25, 0.3) is 0 Å². The van der Waals surface area contributed by atoms with Crippen LogP contribution in [-0.2, 0) is 16.1 Å². The third-order valence-corrected chi connectivity index (χ3v) is 3.65. The van der Waals surface area contributed by atoms with E-state index in [2.05, 4.69) is 0 Å². The van der Waals surface area contributed by atoms with Crippen molar-refractivity contribution >= 4 is 11.8 Å². The zero-order valence-electron chi connectivity index (χ0n) is 14.0. The fourth-order valence-electron chi connectivity index (χ4n) is 2.46. The molecule has 2 aromatic carbocycles. The molecule has 2 aromatic rings. The van der Waals surface area contributed by atoms with Gasteiger partial charge in [-0.3, -0.25) is 14.5 Å². The Bertz CT molecular complexity index is 640. The molecule has 0 heterocycles. The molecule has 0 unspecified atom stereocenters. The van der Waals surface area contributed by atoms with Gasteiger partial charge in [0, 0.05) is 18.7 Å². The van der Waals surface area contributed by atoms with Crippen molar-refractivity contribution in [3.05, 3.63) is 71.8 Å². The van der Waals surface area contributed by atoms with E-state index in [4.69, 9.17) is 4.74 Å². The van der Waals surface area contributed by atoms with Crippen molar-refractivity contribution in [3.63, 3.8) is 0 Å². The van der Waals surface area contributed by atoms with E-state index in [-0.39, 0.29) is 24.7 Å². The van der Waals surface area contributed by atoms with Gasteiger partial charge < -0.3 is 4.74 Å². The third kappa shape index (κ3) is 5.97. The molecule has 0 amide bonds. The van der Waals surface area contributed by atoms with Gasteiger partial charge in [0.25, 0.3) is 0 Å². The Hall–Kier alpha value is -2.46. The van der Waals surface area contributed by atoms with E-state index in [1.165, 1.54) is 0 Å². The summed E-state index contributed by atoms with van der Waals surface area (Å²) in [6, 6.07) is 19.2. The third-order valence-electron chi connectivity index (χ3n) is 3.65. The highest BCUT2D eigenvalue weighted by Gasteiger charge is 2.15. The van der Waals surface area contributed by atoms with E-state index in [0.717, 1.165) is 5.56 Å². The number of carbonyl (C=O) groups excluding carboxylic acids is 2. The first-order valence-electron chi connectivity index (χ1n) is 8.19. The molecule has 2 rings (SSSR count). The number of rotatable bonds is 9. The minimum Gasteiger partial charge on any atom is -0.466 e. The van der Waals surface area contributed by atoms with Gasteiger partial charge in [-0.1, -0.05) is 60.7 Å². The summed E-state index contributed by atoms with van der Waals surface area (Å²) in [4.78, 5) is 26.1. The lowest BCUT2D eigenvalue weighted by Gasteiger charge is -2.21. The summed E-state index contributed by atoms with van der Waals surface area (Å²) in [7, 11) is 0. The predicted molar refractivity (Wildman–Crippen MR) is 93.7 cm³/mol. The Labute approximate surface area is 143 Å². The molecule has 24 heavy (non-hydrogen) atoms. The second kappa shape index (κ2) is 9.63. The largest absolute Gasteiger partial charge is 0.466 e. The molecular formula is C20H23NO3. The predicted octanol–water partition coefficient (Wildman–Crippen LogP) is 3.32. The Morgan fingerprint density at radius 2 is 1.58 bits per heavy atom. The second-order valence-electron chi connectivity index (χ2n) is 5.54. The van der Waals surface area contributed by atoms with E-state index >= 15 is 0 Å². The van der Waals surface area contributed by atoms with Crippen molar-refractivity contribution in [2.75, 3.05) is 19.7 Å². The molecule has 0 atom stereocenters. The molecule has 0 aliphatic rings. The van der Waals surface area contributed by atoms with Crippen LogP contribution in [-0.4, -0.2) is 36.3 Å². The first kappa shape index (κ1) is 17.9. The van der Waals surface area contributed by atoms with Crippen LogP contribution in [0.15, 0.2) is 60.7 Å². The topological polar surface area (TPSA) is 46.6 Å². The maximum Gasteiger partial charge on any atom is 0.307 e. The number of ketones is 1. The van der Waals surface area contributed by atoms with Crippen LogP contribution in [0.4, 0.5) is 0 Å². The quantitative estimate of drug-likeness (QED) is 0.524. The van der Waals surface area contributed by atoms with E-state index in [1.54, 1.807) is 6.92 Å². The number of nitrogens with zero attached hydrogens (tertiary/aromatic N) is 1. The van der Waals surface area contributed by atoms with Gasteiger partial charge in [-0.05, 0) is 12.5 Å². The molecule has 4 nitrogen and oxygen atoms in total. The monoisotopic (exact) mass is 325 g/mol. The summed E-state index contributed by atoms with van der Waals surface area (Å²) in [6.07, 6.45) is 0.280. The van der Waals surface area contributed by atoms with E-state index in [1.807, 2.05) is 65.6 Å². The van der Waals surface area contributed by atoms with Crippen molar-refractivity contribution in [1.82, 2.24) is 4.90 Å². The standard InChI is InChI=1S/C20H23NO3/c1-2-24-20(23)13-14-21(15-17-9-5-3-6-10-17)16-19(22)18-11-7-4-8-12-18/h3-12H,2,13-16H2,1H3. The van der Waals surface area contributed by atoms with Crippen molar-refractivity contribution in [3.8, 4) is 0 Å². The summed E-state index contributed by atoms with van der Waals surface area (Å²) < 4.78 is 4.98. The summed E-state index contributed by atoms with van der Waals surface area (Å²) in [5.41, 5.74) is 1.80.